The van der Waals surface area contributed by atoms with Gasteiger partial charge in [-0.15, -0.1) is 0 Å². The second-order valence-corrected chi connectivity index (χ2v) is 4.53. The molecule has 0 aliphatic carbocycles. The molecule has 0 bridgehead atoms. The summed E-state index contributed by atoms with van der Waals surface area (Å²) in [5, 5.41) is 21.6. The third kappa shape index (κ3) is 3.97. The first-order valence-corrected chi connectivity index (χ1v) is 6.77. The van der Waals surface area contributed by atoms with E-state index in [1.165, 1.54) is 0 Å². The van der Waals surface area contributed by atoms with E-state index >= 15 is 0 Å². The molecule has 0 aromatic heterocycles. The molecule has 0 heterocycles. The van der Waals surface area contributed by atoms with Crippen LogP contribution in [0.15, 0.2) is 18.2 Å². The van der Waals surface area contributed by atoms with E-state index in [1.54, 1.807) is 25.1 Å². The van der Waals surface area contributed by atoms with Gasteiger partial charge < -0.3 is 15.3 Å². The van der Waals surface area contributed by atoms with Crippen LogP contribution in [0.3, 0.4) is 0 Å². The number of carbonyl (C=O) groups is 1. The van der Waals surface area contributed by atoms with Gasteiger partial charge in [-0.25, -0.2) is 0 Å². The first-order valence-electron chi connectivity index (χ1n) is 6.77. The Balaban J connectivity index is 3.12. The predicted octanol–water partition coefficient (Wildman–Crippen LogP) is 1.57. The molecule has 1 rings (SSSR count). The van der Waals surface area contributed by atoms with E-state index in [-0.39, 0.29) is 12.5 Å². The number of amides is 1. The molecule has 5 heteroatoms. The molecule has 0 fully saturated rings. The Morgan fingerprint density at radius 1 is 1.50 bits per heavy atom. The van der Waals surface area contributed by atoms with Crippen molar-refractivity contribution in [1.29, 1.82) is 5.26 Å². The average molecular weight is 275 g/mol. The summed E-state index contributed by atoms with van der Waals surface area (Å²) < 4.78 is 0. The van der Waals surface area contributed by atoms with Crippen LogP contribution >= 0.6 is 0 Å². The van der Waals surface area contributed by atoms with Gasteiger partial charge in [-0.05, 0) is 32.9 Å². The van der Waals surface area contributed by atoms with Crippen LogP contribution in [0.1, 0.15) is 38.0 Å². The van der Waals surface area contributed by atoms with Crippen molar-refractivity contribution in [2.75, 3.05) is 24.5 Å². The zero-order valence-electron chi connectivity index (χ0n) is 12.2. The van der Waals surface area contributed by atoms with Gasteiger partial charge in [-0.1, -0.05) is 6.07 Å². The fourth-order valence-electron chi connectivity index (χ4n) is 2.03. The smallest absolute Gasteiger partial charge is 0.239 e. The van der Waals surface area contributed by atoms with Crippen molar-refractivity contribution in [3.8, 4) is 6.07 Å². The summed E-state index contributed by atoms with van der Waals surface area (Å²) in [7, 11) is 0. The maximum absolute atomic E-state index is 11.7. The number of nitrogens with one attached hydrogen (secondary N) is 1. The van der Waals surface area contributed by atoms with Gasteiger partial charge in [0.2, 0.25) is 5.91 Å². The first-order chi connectivity index (χ1) is 9.53. The number of aliphatic hydroxyl groups is 1. The van der Waals surface area contributed by atoms with Crippen LogP contribution < -0.4 is 10.2 Å². The Morgan fingerprint density at radius 3 is 2.70 bits per heavy atom. The van der Waals surface area contributed by atoms with Gasteiger partial charge in [0.15, 0.2) is 0 Å². The van der Waals surface area contributed by atoms with Gasteiger partial charge in [0.1, 0.15) is 0 Å². The molecular weight excluding hydrogens is 254 g/mol. The Labute approximate surface area is 119 Å². The van der Waals surface area contributed by atoms with Crippen molar-refractivity contribution in [2.24, 2.45) is 0 Å². The van der Waals surface area contributed by atoms with Gasteiger partial charge in [-0.3, -0.25) is 4.79 Å². The highest BCUT2D eigenvalue weighted by molar-refractivity contribution is 5.81. The second kappa shape index (κ2) is 7.51. The van der Waals surface area contributed by atoms with E-state index in [0.717, 1.165) is 11.3 Å². The molecule has 0 radical (unpaired) electrons. The summed E-state index contributed by atoms with van der Waals surface area (Å²) in [5.74, 6) is -0.0757. The summed E-state index contributed by atoms with van der Waals surface area (Å²) in [6.45, 7) is 6.88. The minimum atomic E-state index is -0.652. The number of likely N-dealkylation sites (N-methyl/N-ethyl adjacent to an activating group) is 2. The van der Waals surface area contributed by atoms with Crippen LogP contribution in [-0.4, -0.2) is 30.6 Å². The fourth-order valence-corrected chi connectivity index (χ4v) is 2.03. The lowest BCUT2D eigenvalue weighted by molar-refractivity contribution is -0.119. The quantitative estimate of drug-likeness (QED) is 0.826. The molecule has 1 atom stereocenters. The molecule has 0 aliphatic heterocycles. The highest BCUT2D eigenvalue weighted by atomic mass is 16.3. The SMILES string of the molecule is CCNC(=O)CN(CC)c1cc(C#N)ccc1[C@H](C)O. The van der Waals surface area contributed by atoms with E-state index in [1.807, 2.05) is 18.7 Å². The van der Waals surface area contributed by atoms with Crippen molar-refractivity contribution < 1.29 is 9.90 Å². The Hall–Kier alpha value is -2.06. The van der Waals surface area contributed by atoms with Gasteiger partial charge in [0.25, 0.3) is 0 Å². The molecule has 5 nitrogen and oxygen atoms in total. The number of hydrogen-bond donors (Lipinski definition) is 2. The van der Waals surface area contributed by atoms with Gasteiger partial charge in [-0.2, -0.15) is 5.26 Å². The zero-order chi connectivity index (χ0) is 15.1. The predicted molar refractivity (Wildman–Crippen MR) is 78.4 cm³/mol. The first kappa shape index (κ1) is 16.0. The van der Waals surface area contributed by atoms with Crippen LogP contribution in [0.25, 0.3) is 0 Å². The summed E-state index contributed by atoms with van der Waals surface area (Å²) in [6.07, 6.45) is -0.652. The van der Waals surface area contributed by atoms with E-state index in [4.69, 9.17) is 5.26 Å². The maximum Gasteiger partial charge on any atom is 0.239 e. The molecule has 0 saturated carbocycles. The van der Waals surface area contributed by atoms with Crippen LogP contribution in [-0.2, 0) is 4.79 Å². The van der Waals surface area contributed by atoms with Gasteiger partial charge >= 0.3 is 0 Å². The monoisotopic (exact) mass is 275 g/mol. The van der Waals surface area contributed by atoms with Crippen LogP contribution in [0.5, 0.6) is 0 Å². The molecular formula is C15H21N3O2. The standard InChI is InChI=1S/C15H21N3O2/c1-4-17-15(20)10-18(5-2)14-8-12(9-16)6-7-13(14)11(3)19/h6-8,11,19H,4-5,10H2,1-3H3,(H,17,20)/t11-/m0/s1. The molecule has 0 spiro atoms. The lowest BCUT2D eigenvalue weighted by atomic mass is 10.0. The third-order valence-corrected chi connectivity index (χ3v) is 3.04. The Morgan fingerprint density at radius 2 is 2.20 bits per heavy atom. The summed E-state index contributed by atoms with van der Waals surface area (Å²) >= 11 is 0. The van der Waals surface area contributed by atoms with Crippen molar-refractivity contribution in [1.82, 2.24) is 5.32 Å². The van der Waals surface area contributed by atoms with Crippen molar-refractivity contribution in [3.63, 3.8) is 0 Å². The molecule has 2 N–H and O–H groups in total. The normalized spacial score (nSPS) is 11.6. The van der Waals surface area contributed by atoms with Gasteiger partial charge in [0.05, 0.1) is 24.3 Å². The van der Waals surface area contributed by atoms with E-state index in [2.05, 4.69) is 11.4 Å². The third-order valence-electron chi connectivity index (χ3n) is 3.04. The molecule has 1 amide bonds. The number of rotatable bonds is 6. The van der Waals surface area contributed by atoms with Crippen LogP contribution in [0, 0.1) is 11.3 Å². The number of benzene rings is 1. The lowest BCUT2D eigenvalue weighted by Crippen LogP contribution is -2.37. The molecule has 1 aromatic carbocycles. The highest BCUT2D eigenvalue weighted by Crippen LogP contribution is 2.27. The number of nitriles is 1. The number of carbonyl (C=O) groups excluding carboxylic acids is 1. The van der Waals surface area contributed by atoms with E-state index < -0.39 is 6.10 Å². The zero-order valence-corrected chi connectivity index (χ0v) is 12.2. The van der Waals surface area contributed by atoms with E-state index in [0.29, 0.717) is 18.7 Å². The molecule has 0 saturated heterocycles. The summed E-state index contributed by atoms with van der Waals surface area (Å²) in [4.78, 5) is 13.6. The summed E-state index contributed by atoms with van der Waals surface area (Å²) in [6, 6.07) is 7.20. The number of aliphatic hydroxyl groups excluding tert-OH is 1. The molecule has 20 heavy (non-hydrogen) atoms. The fraction of sp³-hybridized carbons (Fsp3) is 0.467. The lowest BCUT2D eigenvalue weighted by Gasteiger charge is -2.26. The minimum Gasteiger partial charge on any atom is -0.389 e. The minimum absolute atomic E-state index is 0.0757. The molecule has 1 aromatic rings. The Kier molecular flexibility index (Phi) is 6.01. The summed E-state index contributed by atoms with van der Waals surface area (Å²) in [5.41, 5.74) is 1.96. The number of anilines is 1. The number of nitrogens with zero attached hydrogens (tertiary/aromatic N) is 2. The Bertz CT molecular complexity index is 506. The average Bonchev–Trinajstić information content (AvgIpc) is 2.44. The number of hydrogen-bond acceptors (Lipinski definition) is 4. The molecule has 0 unspecified atom stereocenters. The van der Waals surface area contributed by atoms with E-state index in [9.17, 15) is 9.90 Å². The van der Waals surface area contributed by atoms with Crippen molar-refractivity contribution >= 4 is 11.6 Å². The van der Waals surface area contributed by atoms with Crippen LogP contribution in [0.2, 0.25) is 0 Å². The van der Waals surface area contributed by atoms with Crippen molar-refractivity contribution in [3.05, 3.63) is 29.3 Å². The molecule has 0 aliphatic rings. The maximum atomic E-state index is 11.7. The second-order valence-electron chi connectivity index (χ2n) is 4.53. The van der Waals surface area contributed by atoms with Crippen LogP contribution in [0.4, 0.5) is 5.69 Å². The van der Waals surface area contributed by atoms with Gasteiger partial charge in [0, 0.05) is 24.3 Å². The highest BCUT2D eigenvalue weighted by Gasteiger charge is 2.16. The topological polar surface area (TPSA) is 76.4 Å². The van der Waals surface area contributed by atoms with Crippen molar-refractivity contribution in [2.45, 2.75) is 26.9 Å². The largest absolute Gasteiger partial charge is 0.389 e. The molecule has 108 valence electrons.